The normalized spacial score (nSPS) is 18.4. The van der Waals surface area contributed by atoms with Crippen molar-refractivity contribution in [2.45, 2.75) is 51.8 Å². The Morgan fingerprint density at radius 1 is 1.28 bits per heavy atom. The highest BCUT2D eigenvalue weighted by molar-refractivity contribution is 7.84. The average molecular weight is 370 g/mol. The highest BCUT2D eigenvalue weighted by Crippen LogP contribution is 2.33. The van der Waals surface area contributed by atoms with Gasteiger partial charge >= 0.3 is 0 Å². The van der Waals surface area contributed by atoms with Gasteiger partial charge in [0.25, 0.3) is 0 Å². The lowest BCUT2D eigenvalue weighted by Gasteiger charge is -2.34. The molecule has 0 amide bonds. The molecular weight excluding hydrogens is 337 g/mol. The fourth-order valence-corrected chi connectivity index (χ4v) is 3.89. The molecule has 1 heterocycles. The number of halogens is 1. The molecule has 2 N–H and O–H groups in total. The van der Waals surface area contributed by atoms with Crippen LogP contribution in [0.15, 0.2) is 18.2 Å². The van der Waals surface area contributed by atoms with Gasteiger partial charge < -0.3 is 10.2 Å². The Balaban J connectivity index is 2.38. The first-order chi connectivity index (χ1) is 11.7. The molecule has 1 aliphatic heterocycles. The van der Waals surface area contributed by atoms with Crippen molar-refractivity contribution in [2.75, 3.05) is 31.1 Å². The maximum absolute atomic E-state index is 14.7. The molecule has 0 radical (unpaired) electrons. The van der Waals surface area contributed by atoms with E-state index in [0.29, 0.717) is 11.6 Å². The number of nitrogens with one attached hydrogen (secondary N) is 2. The molecule has 1 aliphatic rings. The molecule has 0 unspecified atom stereocenters. The fourth-order valence-electron chi connectivity index (χ4n) is 3.05. The molecule has 0 saturated carbocycles. The maximum atomic E-state index is 14.7. The van der Waals surface area contributed by atoms with E-state index in [4.69, 9.17) is 0 Å². The van der Waals surface area contributed by atoms with Gasteiger partial charge in [0, 0.05) is 32.2 Å². The van der Waals surface area contributed by atoms with Gasteiger partial charge in [0.15, 0.2) is 0 Å². The van der Waals surface area contributed by atoms with Crippen LogP contribution in [-0.2, 0) is 11.0 Å². The van der Waals surface area contributed by atoms with Crippen molar-refractivity contribution in [1.29, 1.82) is 0 Å². The first-order valence-corrected chi connectivity index (χ1v) is 10.3. The largest absolute Gasteiger partial charge is 0.366 e. The summed E-state index contributed by atoms with van der Waals surface area (Å²) in [6.07, 6.45) is 0.810. The number of nitrogens with zero attached hydrogens (tertiary/aromatic N) is 1. The summed E-state index contributed by atoms with van der Waals surface area (Å²) in [6, 6.07) is 5.11. The van der Waals surface area contributed by atoms with Gasteiger partial charge in [-0.05, 0) is 44.7 Å². The van der Waals surface area contributed by atoms with Crippen LogP contribution in [0.4, 0.5) is 10.1 Å². The fraction of sp³-hybridized carbons (Fsp3) is 0.684. The number of benzene rings is 1. The van der Waals surface area contributed by atoms with Crippen LogP contribution in [0.1, 0.15) is 52.6 Å². The summed E-state index contributed by atoms with van der Waals surface area (Å²) >= 11 is 0. The monoisotopic (exact) mass is 369 g/mol. The second-order valence-corrected chi connectivity index (χ2v) is 10.1. The quantitative estimate of drug-likeness (QED) is 0.808. The predicted molar refractivity (Wildman–Crippen MR) is 105 cm³/mol. The van der Waals surface area contributed by atoms with E-state index < -0.39 is 11.0 Å². The van der Waals surface area contributed by atoms with E-state index >= 15 is 0 Å². The Hall–Kier alpha value is -0.980. The van der Waals surface area contributed by atoms with Gasteiger partial charge in [-0.15, -0.1) is 0 Å². The summed E-state index contributed by atoms with van der Waals surface area (Å²) in [6.45, 7) is 13.4. The summed E-state index contributed by atoms with van der Waals surface area (Å²) in [7, 11) is -1.21. The molecule has 0 aromatic heterocycles. The van der Waals surface area contributed by atoms with Crippen LogP contribution < -0.4 is 14.9 Å². The second-order valence-electron chi connectivity index (χ2n) is 8.10. The highest BCUT2D eigenvalue weighted by atomic mass is 32.2. The van der Waals surface area contributed by atoms with Crippen LogP contribution in [0.2, 0.25) is 0 Å². The van der Waals surface area contributed by atoms with Crippen molar-refractivity contribution in [2.24, 2.45) is 5.92 Å². The number of hydrogen-bond acceptors (Lipinski definition) is 3. The lowest BCUT2D eigenvalue weighted by Crippen LogP contribution is -2.45. The van der Waals surface area contributed by atoms with Crippen molar-refractivity contribution in [3.63, 3.8) is 0 Å². The van der Waals surface area contributed by atoms with Crippen molar-refractivity contribution in [3.05, 3.63) is 29.6 Å². The van der Waals surface area contributed by atoms with Gasteiger partial charge in [0.2, 0.25) is 0 Å². The Bertz CT molecular complexity index is 595. The van der Waals surface area contributed by atoms with Crippen LogP contribution in [-0.4, -0.2) is 35.1 Å². The molecule has 1 saturated heterocycles. The number of piperazine rings is 1. The van der Waals surface area contributed by atoms with E-state index in [1.54, 1.807) is 6.07 Å². The minimum absolute atomic E-state index is 0.138. The van der Waals surface area contributed by atoms with Crippen molar-refractivity contribution >= 4 is 16.7 Å². The van der Waals surface area contributed by atoms with Crippen LogP contribution in [0.5, 0.6) is 0 Å². The lowest BCUT2D eigenvalue weighted by atomic mass is 9.95. The lowest BCUT2D eigenvalue weighted by molar-refractivity contribution is 0.475. The minimum atomic E-state index is -1.21. The van der Waals surface area contributed by atoms with E-state index in [0.717, 1.165) is 38.2 Å². The Morgan fingerprint density at radius 2 is 1.92 bits per heavy atom. The summed E-state index contributed by atoms with van der Waals surface area (Å²) in [5.74, 6) is 0.213. The maximum Gasteiger partial charge on any atom is 0.146 e. The zero-order valence-corrected chi connectivity index (χ0v) is 16.9. The van der Waals surface area contributed by atoms with Crippen molar-refractivity contribution < 1.29 is 8.60 Å². The number of para-hydroxylation sites is 1. The molecule has 2 atom stereocenters. The predicted octanol–water partition coefficient (Wildman–Crippen LogP) is 3.37. The molecule has 25 heavy (non-hydrogen) atoms. The van der Waals surface area contributed by atoms with Crippen molar-refractivity contribution in [1.82, 2.24) is 10.0 Å². The summed E-state index contributed by atoms with van der Waals surface area (Å²) < 4.78 is 30.3. The van der Waals surface area contributed by atoms with Gasteiger partial charge in [-0.2, -0.15) is 0 Å². The van der Waals surface area contributed by atoms with Crippen molar-refractivity contribution in [3.8, 4) is 0 Å². The minimum Gasteiger partial charge on any atom is -0.366 e. The van der Waals surface area contributed by atoms with Crippen LogP contribution >= 0.6 is 0 Å². The molecule has 6 heteroatoms. The molecule has 1 aromatic carbocycles. The molecule has 1 fully saturated rings. The summed E-state index contributed by atoms with van der Waals surface area (Å²) in [4.78, 5) is 2.11. The molecule has 142 valence electrons. The first-order valence-electron chi connectivity index (χ1n) is 9.12. The topological polar surface area (TPSA) is 44.4 Å². The molecule has 0 bridgehead atoms. The summed E-state index contributed by atoms with van der Waals surface area (Å²) in [5.41, 5.74) is 1.57. The molecule has 0 aliphatic carbocycles. The van der Waals surface area contributed by atoms with E-state index in [9.17, 15) is 8.60 Å². The number of anilines is 1. The van der Waals surface area contributed by atoms with E-state index in [-0.39, 0.29) is 16.6 Å². The second kappa shape index (κ2) is 8.60. The molecule has 4 nitrogen and oxygen atoms in total. The Labute approximate surface area is 154 Å². The standard InChI is InChI=1S/C19H32FN3OS/c1-14(2)13-17(22-25(24)19(3,4)5)15-7-6-8-16(20)18(15)23-11-9-21-10-12-23/h6-8,14,17,21-22H,9-13H2,1-5H3/t17-,25-/m0/s1. The number of hydrogen-bond donors (Lipinski definition) is 2. The third-order valence-electron chi connectivity index (χ3n) is 4.34. The van der Waals surface area contributed by atoms with E-state index in [2.05, 4.69) is 28.8 Å². The van der Waals surface area contributed by atoms with Crippen LogP contribution in [0, 0.1) is 11.7 Å². The molecule has 2 rings (SSSR count). The zero-order valence-electron chi connectivity index (χ0n) is 16.1. The molecule has 1 aromatic rings. The third-order valence-corrected chi connectivity index (χ3v) is 5.95. The van der Waals surface area contributed by atoms with Crippen LogP contribution in [0.3, 0.4) is 0 Å². The third kappa shape index (κ3) is 5.50. The van der Waals surface area contributed by atoms with Gasteiger partial charge in [0.1, 0.15) is 5.82 Å². The van der Waals surface area contributed by atoms with Gasteiger partial charge in [-0.25, -0.2) is 13.3 Å². The molecular formula is C19H32FN3OS. The van der Waals surface area contributed by atoms with E-state index in [1.807, 2.05) is 26.8 Å². The first kappa shape index (κ1) is 20.3. The van der Waals surface area contributed by atoms with Gasteiger partial charge in [-0.1, -0.05) is 26.0 Å². The van der Waals surface area contributed by atoms with E-state index in [1.165, 1.54) is 6.07 Å². The smallest absolute Gasteiger partial charge is 0.146 e. The highest BCUT2D eigenvalue weighted by Gasteiger charge is 2.28. The zero-order chi connectivity index (χ0) is 18.6. The van der Waals surface area contributed by atoms with Crippen LogP contribution in [0.25, 0.3) is 0 Å². The summed E-state index contributed by atoms with van der Waals surface area (Å²) in [5, 5.41) is 3.31. The number of rotatable bonds is 6. The average Bonchev–Trinajstić information content (AvgIpc) is 2.53. The van der Waals surface area contributed by atoms with Gasteiger partial charge in [-0.3, -0.25) is 0 Å². The Kier molecular flexibility index (Phi) is 7.00. The Morgan fingerprint density at radius 3 is 2.48 bits per heavy atom. The van der Waals surface area contributed by atoms with Gasteiger partial charge in [0.05, 0.1) is 21.4 Å². The SMILES string of the molecule is CC(C)C[C@H](N[S@@](=O)C(C)(C)C)c1cccc(F)c1N1CCNCC1. The molecule has 0 spiro atoms.